The van der Waals surface area contributed by atoms with Crippen molar-refractivity contribution in [3.05, 3.63) is 105 Å². The van der Waals surface area contributed by atoms with Crippen LogP contribution in [-0.4, -0.2) is 63.5 Å². The molecule has 0 spiro atoms. The third-order valence-corrected chi connectivity index (χ3v) is 8.88. The second kappa shape index (κ2) is 15.4. The molecule has 0 N–H and O–H groups in total. The van der Waals surface area contributed by atoms with Gasteiger partial charge < -0.3 is 14.7 Å². The highest BCUT2D eigenvalue weighted by Gasteiger charge is 2.16. The van der Waals surface area contributed by atoms with Crippen LogP contribution in [0.1, 0.15) is 64.2 Å². The summed E-state index contributed by atoms with van der Waals surface area (Å²) >= 11 is 7.08. The lowest BCUT2D eigenvalue weighted by Gasteiger charge is -2.20. The molecule has 5 nitrogen and oxygen atoms in total. The first-order valence-corrected chi connectivity index (χ1v) is 16.2. The molecule has 1 aliphatic rings. The summed E-state index contributed by atoms with van der Waals surface area (Å²) in [6, 6.07) is 22.0. The molecule has 1 aliphatic heterocycles. The van der Waals surface area contributed by atoms with Crippen molar-refractivity contribution in [1.82, 2.24) is 4.90 Å². The molecule has 1 unspecified atom stereocenters. The average Bonchev–Trinajstić information content (AvgIpc) is 3.03. The molecule has 228 valence electrons. The van der Waals surface area contributed by atoms with E-state index in [0.29, 0.717) is 5.02 Å². The summed E-state index contributed by atoms with van der Waals surface area (Å²) in [6.07, 6.45) is 6.06. The van der Waals surface area contributed by atoms with E-state index in [1.54, 1.807) is 0 Å². The smallest absolute Gasteiger partial charge is 0.0738 e. The molecule has 43 heavy (non-hydrogen) atoms. The number of rotatable bonds is 13. The maximum absolute atomic E-state index is 7.08. The predicted octanol–water partition coefficient (Wildman–Crippen LogP) is 6.95. The molecular formula is C37H48ClN5. The van der Waals surface area contributed by atoms with Crippen molar-refractivity contribution in [3.8, 4) is 0 Å². The Labute approximate surface area is 263 Å². The van der Waals surface area contributed by atoms with Gasteiger partial charge in [0.25, 0.3) is 0 Å². The zero-order chi connectivity index (χ0) is 30.9. The molecule has 1 heterocycles. The van der Waals surface area contributed by atoms with Gasteiger partial charge >= 0.3 is 0 Å². The quantitative estimate of drug-likeness (QED) is 0.214. The summed E-state index contributed by atoms with van der Waals surface area (Å²) in [4.78, 5) is 16.8. The Morgan fingerprint density at radius 1 is 0.814 bits per heavy atom. The SMILES string of the molecule is CCN(CC)CCCC(C)N=C1C=CN=c2cc(Cl)c(=C(c3ccc(N(C)CC)cc3)c3ccc(N(C)CC)cc3)cc21. The molecule has 3 aromatic rings. The van der Waals surface area contributed by atoms with E-state index in [1.165, 1.54) is 11.4 Å². The highest BCUT2D eigenvalue weighted by Crippen LogP contribution is 2.27. The van der Waals surface area contributed by atoms with Crippen LogP contribution in [-0.2, 0) is 0 Å². The van der Waals surface area contributed by atoms with Crippen molar-refractivity contribution in [2.45, 2.75) is 53.5 Å². The number of aliphatic imine (C=N–C) groups is 1. The van der Waals surface area contributed by atoms with Gasteiger partial charge in [0.1, 0.15) is 0 Å². The Hall–Kier alpha value is -3.41. The number of hydrogen-bond acceptors (Lipinski definition) is 5. The Balaban J connectivity index is 1.83. The average molecular weight is 598 g/mol. The van der Waals surface area contributed by atoms with Crippen molar-refractivity contribution in [1.29, 1.82) is 0 Å². The molecule has 0 aromatic heterocycles. The Morgan fingerprint density at radius 2 is 1.37 bits per heavy atom. The van der Waals surface area contributed by atoms with Crippen molar-refractivity contribution in [3.63, 3.8) is 0 Å². The molecule has 0 aliphatic carbocycles. The van der Waals surface area contributed by atoms with Crippen LogP contribution >= 0.6 is 11.6 Å². The molecule has 0 saturated heterocycles. The second-order valence-corrected chi connectivity index (χ2v) is 11.7. The van der Waals surface area contributed by atoms with Crippen LogP contribution in [0.4, 0.5) is 11.4 Å². The number of allylic oxidation sites excluding steroid dienone is 1. The predicted molar refractivity (Wildman–Crippen MR) is 187 cm³/mol. The summed E-state index contributed by atoms with van der Waals surface area (Å²) in [5.41, 5.74) is 7.73. The summed E-state index contributed by atoms with van der Waals surface area (Å²) in [5.74, 6) is 0. The van der Waals surface area contributed by atoms with Crippen LogP contribution < -0.4 is 20.4 Å². The van der Waals surface area contributed by atoms with Gasteiger partial charge in [-0.25, -0.2) is 0 Å². The molecule has 0 saturated carbocycles. The third-order valence-electron chi connectivity index (χ3n) is 8.57. The minimum absolute atomic E-state index is 0.218. The topological polar surface area (TPSA) is 34.4 Å². The first-order chi connectivity index (χ1) is 20.8. The number of halogens is 1. The van der Waals surface area contributed by atoms with E-state index in [4.69, 9.17) is 16.6 Å². The van der Waals surface area contributed by atoms with Gasteiger partial charge in [-0.2, -0.15) is 0 Å². The normalized spacial score (nSPS) is 14.0. The standard InChI is InChI=1S/C37H48ClN5/c1-8-41(6)30-18-14-28(15-19-30)37(29-16-20-31(21-17-29)42(7)9-2)32-25-33-35(22-23-39-36(33)26-34(32)38)40-27(5)13-12-24-43(10-3)11-4/h14-23,25-27H,8-13,24H2,1-7H3. The van der Waals surface area contributed by atoms with E-state index in [2.05, 4.69) is 123 Å². The molecule has 3 aromatic carbocycles. The first-order valence-electron chi connectivity index (χ1n) is 15.8. The van der Waals surface area contributed by atoms with Crippen LogP contribution in [0.3, 0.4) is 0 Å². The monoisotopic (exact) mass is 597 g/mol. The second-order valence-electron chi connectivity index (χ2n) is 11.3. The maximum Gasteiger partial charge on any atom is 0.0738 e. The van der Waals surface area contributed by atoms with Gasteiger partial charge in [0.05, 0.1) is 16.1 Å². The number of benzene rings is 3. The van der Waals surface area contributed by atoms with E-state index in [1.807, 2.05) is 18.3 Å². The van der Waals surface area contributed by atoms with E-state index in [-0.39, 0.29) is 6.04 Å². The minimum Gasteiger partial charge on any atom is -0.375 e. The van der Waals surface area contributed by atoms with Gasteiger partial charge in [-0.1, -0.05) is 49.7 Å². The molecule has 6 heteroatoms. The van der Waals surface area contributed by atoms with Crippen LogP contribution in [0.2, 0.25) is 5.02 Å². The van der Waals surface area contributed by atoms with Gasteiger partial charge in [0.15, 0.2) is 0 Å². The molecule has 0 radical (unpaired) electrons. The summed E-state index contributed by atoms with van der Waals surface area (Å²) in [5, 5.41) is 2.54. The van der Waals surface area contributed by atoms with E-state index in [9.17, 15) is 0 Å². The third kappa shape index (κ3) is 7.95. The highest BCUT2D eigenvalue weighted by atomic mass is 35.5. The number of nitrogens with zero attached hydrogens (tertiary/aromatic N) is 5. The largest absolute Gasteiger partial charge is 0.375 e. The van der Waals surface area contributed by atoms with E-state index in [0.717, 1.165) is 84.1 Å². The number of hydrogen-bond donors (Lipinski definition) is 0. The van der Waals surface area contributed by atoms with E-state index < -0.39 is 0 Å². The molecule has 0 fully saturated rings. The lowest BCUT2D eigenvalue weighted by atomic mass is 9.93. The fraction of sp³-hybridized carbons (Fsp3) is 0.405. The van der Waals surface area contributed by atoms with Gasteiger partial charge in [-0.15, -0.1) is 0 Å². The van der Waals surface area contributed by atoms with Crippen LogP contribution in [0.25, 0.3) is 5.57 Å². The molecule has 0 bridgehead atoms. The van der Waals surface area contributed by atoms with Crippen LogP contribution in [0.15, 0.2) is 82.9 Å². The summed E-state index contributed by atoms with van der Waals surface area (Å²) < 4.78 is 0. The number of anilines is 2. The van der Waals surface area contributed by atoms with Crippen molar-refractivity contribution in [2.75, 3.05) is 56.6 Å². The highest BCUT2D eigenvalue weighted by molar-refractivity contribution is 6.31. The van der Waals surface area contributed by atoms with Gasteiger partial charge in [0, 0.05) is 61.6 Å². The Bertz CT molecular complexity index is 1480. The van der Waals surface area contributed by atoms with Crippen LogP contribution in [0.5, 0.6) is 0 Å². The van der Waals surface area contributed by atoms with Crippen LogP contribution in [0, 0.1) is 0 Å². The van der Waals surface area contributed by atoms with Gasteiger partial charge in [0.2, 0.25) is 0 Å². The maximum atomic E-state index is 7.08. The first kappa shape index (κ1) is 32.5. The Morgan fingerprint density at radius 3 is 1.88 bits per heavy atom. The number of fused-ring (bicyclic) bond motifs is 1. The lowest BCUT2D eigenvalue weighted by Crippen LogP contribution is -2.26. The molecular weight excluding hydrogens is 550 g/mol. The van der Waals surface area contributed by atoms with Gasteiger partial charge in [-0.05, 0) is 112 Å². The van der Waals surface area contributed by atoms with E-state index >= 15 is 0 Å². The lowest BCUT2D eigenvalue weighted by molar-refractivity contribution is 0.294. The zero-order valence-electron chi connectivity index (χ0n) is 27.1. The van der Waals surface area contributed by atoms with Crippen molar-refractivity contribution >= 4 is 34.3 Å². The molecule has 1 atom stereocenters. The fourth-order valence-corrected chi connectivity index (χ4v) is 5.77. The molecule has 4 rings (SSSR count). The summed E-state index contributed by atoms with van der Waals surface area (Å²) in [7, 11) is 4.23. The van der Waals surface area contributed by atoms with Crippen molar-refractivity contribution in [2.24, 2.45) is 9.98 Å². The Kier molecular flexibility index (Phi) is 11.6. The fourth-order valence-electron chi connectivity index (χ4n) is 5.52. The summed E-state index contributed by atoms with van der Waals surface area (Å²) in [6.45, 7) is 16.2. The zero-order valence-corrected chi connectivity index (χ0v) is 27.8. The minimum atomic E-state index is 0.218. The van der Waals surface area contributed by atoms with Crippen molar-refractivity contribution < 1.29 is 0 Å². The molecule has 0 amide bonds. The van der Waals surface area contributed by atoms with Gasteiger partial charge in [-0.3, -0.25) is 9.98 Å².